The smallest absolute Gasteiger partial charge is 0.0119 e. The van der Waals surface area contributed by atoms with Crippen LogP contribution < -0.4 is 0 Å². The minimum Gasteiger partial charge on any atom is -0.306 e. The summed E-state index contributed by atoms with van der Waals surface area (Å²) in [6.07, 6.45) is 22.6. The Kier molecular flexibility index (Phi) is 13.8. The summed E-state index contributed by atoms with van der Waals surface area (Å²) in [4.78, 5) is 20.0. The number of piperidine rings is 4. The maximum Gasteiger partial charge on any atom is 0.0119 e. The molecule has 0 aromatic heterocycles. The Balaban J connectivity index is 0.000000125. The van der Waals surface area contributed by atoms with Crippen LogP contribution in [0.3, 0.4) is 0 Å². The van der Waals surface area contributed by atoms with Gasteiger partial charge >= 0.3 is 0 Å². The minimum atomic E-state index is 0.846. The molecule has 8 saturated heterocycles. The van der Waals surface area contributed by atoms with Crippen molar-refractivity contribution >= 4 is 0 Å². The van der Waals surface area contributed by atoms with Gasteiger partial charge in [0.05, 0.1) is 0 Å². The van der Waals surface area contributed by atoms with E-state index in [4.69, 9.17) is 0 Å². The molecule has 8 rings (SSSR count). The standard InChI is InChI=1S/4C10H20N2/c4*1-11(2)10-6-8-4-5-9(7-10)12(8)3/h4*8-10H,4-7H2,1-3H3/t4*8-,9+,10?. The summed E-state index contributed by atoms with van der Waals surface area (Å²) < 4.78 is 0. The lowest BCUT2D eigenvalue weighted by atomic mass is 9.97. The molecule has 280 valence electrons. The van der Waals surface area contributed by atoms with Gasteiger partial charge in [-0.05, 0) is 187 Å². The average molecular weight is 673 g/mol. The molecule has 0 N–H and O–H groups in total. The van der Waals surface area contributed by atoms with Gasteiger partial charge in [-0.3, -0.25) is 0 Å². The Labute approximate surface area is 298 Å². The number of nitrogens with zero attached hydrogens (tertiary/aromatic N) is 8. The predicted molar refractivity (Wildman–Crippen MR) is 205 cm³/mol. The monoisotopic (exact) mass is 673 g/mol. The van der Waals surface area contributed by atoms with Crippen molar-refractivity contribution in [2.24, 2.45) is 0 Å². The fourth-order valence-electron chi connectivity index (χ4n) is 11.2. The van der Waals surface area contributed by atoms with Gasteiger partial charge < -0.3 is 39.2 Å². The zero-order valence-electron chi connectivity index (χ0n) is 33.8. The first kappa shape index (κ1) is 38.9. The summed E-state index contributed by atoms with van der Waals surface area (Å²) in [5, 5.41) is 0. The molecule has 8 heteroatoms. The predicted octanol–water partition coefficient (Wildman–Crippen LogP) is 4.69. The molecule has 8 fully saturated rings. The summed E-state index contributed by atoms with van der Waals surface area (Å²) in [5.74, 6) is 0. The summed E-state index contributed by atoms with van der Waals surface area (Å²) in [5.41, 5.74) is 0. The highest BCUT2D eigenvalue weighted by Crippen LogP contribution is 2.38. The fourth-order valence-corrected chi connectivity index (χ4v) is 11.2. The van der Waals surface area contributed by atoms with Crippen LogP contribution >= 0.6 is 0 Å². The van der Waals surface area contributed by atoms with Crippen molar-refractivity contribution in [3.05, 3.63) is 0 Å². The third kappa shape index (κ3) is 9.18. The van der Waals surface area contributed by atoms with Gasteiger partial charge in [-0.1, -0.05) is 0 Å². The van der Waals surface area contributed by atoms with Crippen molar-refractivity contribution in [2.75, 3.05) is 84.6 Å². The van der Waals surface area contributed by atoms with Crippen LogP contribution in [0.15, 0.2) is 0 Å². The third-order valence-electron chi connectivity index (χ3n) is 15.2. The van der Waals surface area contributed by atoms with Gasteiger partial charge in [-0.15, -0.1) is 0 Å². The first-order chi connectivity index (χ1) is 22.7. The Morgan fingerprint density at radius 3 is 0.500 bits per heavy atom. The number of hydrogen-bond donors (Lipinski definition) is 0. The highest BCUT2D eigenvalue weighted by molar-refractivity contribution is 4.98. The number of fused-ring (bicyclic) bond motifs is 8. The molecular formula is C40H80N8. The molecule has 0 aromatic carbocycles. The summed E-state index contributed by atoms with van der Waals surface area (Å²) in [7, 11) is 26.9. The lowest BCUT2D eigenvalue weighted by molar-refractivity contribution is 0.104. The second-order valence-corrected chi connectivity index (χ2v) is 18.6. The number of hydrogen-bond acceptors (Lipinski definition) is 8. The van der Waals surface area contributed by atoms with E-state index in [0.717, 1.165) is 72.5 Å². The van der Waals surface area contributed by atoms with Gasteiger partial charge in [0.2, 0.25) is 0 Å². The van der Waals surface area contributed by atoms with E-state index in [1.165, 1.54) is 103 Å². The molecule has 8 aliphatic rings. The quantitative estimate of drug-likeness (QED) is 0.425. The zero-order valence-corrected chi connectivity index (χ0v) is 33.8. The van der Waals surface area contributed by atoms with Crippen molar-refractivity contribution in [3.63, 3.8) is 0 Å². The van der Waals surface area contributed by atoms with Crippen LogP contribution in [0.1, 0.15) is 103 Å². The second-order valence-electron chi connectivity index (χ2n) is 18.6. The molecule has 48 heavy (non-hydrogen) atoms. The minimum absolute atomic E-state index is 0.846. The molecule has 0 saturated carbocycles. The maximum atomic E-state index is 2.60. The van der Waals surface area contributed by atoms with Crippen LogP contribution in [0.5, 0.6) is 0 Å². The van der Waals surface area contributed by atoms with Gasteiger partial charge in [0.15, 0.2) is 0 Å². The maximum absolute atomic E-state index is 2.60. The largest absolute Gasteiger partial charge is 0.306 e. The van der Waals surface area contributed by atoms with E-state index in [9.17, 15) is 0 Å². The van der Waals surface area contributed by atoms with Gasteiger partial charge in [0.1, 0.15) is 0 Å². The van der Waals surface area contributed by atoms with E-state index in [1.54, 1.807) is 0 Å². The van der Waals surface area contributed by atoms with Crippen LogP contribution in [0.2, 0.25) is 0 Å². The van der Waals surface area contributed by atoms with Crippen molar-refractivity contribution in [3.8, 4) is 0 Å². The molecule has 0 amide bonds. The van der Waals surface area contributed by atoms with Crippen LogP contribution in [0, 0.1) is 0 Å². The van der Waals surface area contributed by atoms with Gasteiger partial charge in [0, 0.05) is 72.5 Å². The molecule has 8 bridgehead atoms. The van der Waals surface area contributed by atoms with Crippen molar-refractivity contribution in [1.29, 1.82) is 0 Å². The van der Waals surface area contributed by atoms with E-state index >= 15 is 0 Å². The topological polar surface area (TPSA) is 25.9 Å². The van der Waals surface area contributed by atoms with Crippen LogP contribution in [-0.4, -0.2) is 196 Å². The summed E-state index contributed by atoms with van der Waals surface area (Å²) in [6.45, 7) is 0. The molecule has 0 aromatic rings. The Morgan fingerprint density at radius 1 is 0.271 bits per heavy atom. The van der Waals surface area contributed by atoms with Crippen LogP contribution in [-0.2, 0) is 0 Å². The molecule has 0 radical (unpaired) electrons. The first-order valence-corrected chi connectivity index (χ1v) is 20.3. The van der Waals surface area contributed by atoms with Gasteiger partial charge in [-0.2, -0.15) is 0 Å². The lowest BCUT2D eigenvalue weighted by Crippen LogP contribution is -2.46. The molecule has 8 aliphatic heterocycles. The Morgan fingerprint density at radius 2 is 0.396 bits per heavy atom. The van der Waals surface area contributed by atoms with E-state index < -0.39 is 0 Å². The summed E-state index contributed by atoms with van der Waals surface area (Å²) >= 11 is 0. The summed E-state index contributed by atoms with van der Waals surface area (Å²) in [6, 6.07) is 10.5. The zero-order chi connectivity index (χ0) is 34.9. The molecule has 12 atom stereocenters. The SMILES string of the molecule is CN(C)C1C[C@H]2CC[C@@H](C1)N2C.CN(C)C1C[C@H]2CC[C@@H](C1)N2C.CN(C)C1C[C@H]2CC[C@@H](C1)N2C.CN(C)C1C[C@H]2CC[C@@H](C1)N2C. The molecule has 4 unspecified atom stereocenters. The van der Waals surface area contributed by atoms with Gasteiger partial charge in [-0.25, -0.2) is 0 Å². The van der Waals surface area contributed by atoms with Gasteiger partial charge in [0.25, 0.3) is 0 Å². The Bertz CT molecular complexity index is 765. The lowest BCUT2D eigenvalue weighted by Gasteiger charge is -2.39. The second kappa shape index (κ2) is 17.0. The average Bonchev–Trinajstić information content (AvgIpc) is 3.52. The van der Waals surface area contributed by atoms with Crippen LogP contribution in [0.25, 0.3) is 0 Å². The molecule has 8 heterocycles. The van der Waals surface area contributed by atoms with E-state index in [1.807, 2.05) is 0 Å². The van der Waals surface area contributed by atoms with E-state index in [2.05, 4.69) is 124 Å². The first-order valence-electron chi connectivity index (χ1n) is 20.3. The highest BCUT2D eigenvalue weighted by atomic mass is 15.3. The normalized spacial score (nSPS) is 42.5. The Hall–Kier alpha value is -0.320. The van der Waals surface area contributed by atoms with E-state index in [-0.39, 0.29) is 0 Å². The molecule has 8 nitrogen and oxygen atoms in total. The van der Waals surface area contributed by atoms with Crippen molar-refractivity contribution < 1.29 is 0 Å². The van der Waals surface area contributed by atoms with Crippen LogP contribution in [0.4, 0.5) is 0 Å². The number of rotatable bonds is 4. The van der Waals surface area contributed by atoms with E-state index in [0.29, 0.717) is 0 Å². The van der Waals surface area contributed by atoms with Crippen molar-refractivity contribution in [2.45, 2.75) is 175 Å². The molecule has 0 aliphatic carbocycles. The highest BCUT2D eigenvalue weighted by Gasteiger charge is 2.41. The van der Waals surface area contributed by atoms with Crippen molar-refractivity contribution in [1.82, 2.24) is 39.2 Å². The molecular weight excluding hydrogens is 592 g/mol. The molecule has 0 spiro atoms. The third-order valence-corrected chi connectivity index (χ3v) is 15.2. The fraction of sp³-hybridized carbons (Fsp3) is 1.00.